The second kappa shape index (κ2) is 8.60. The number of rotatable bonds is 4. The first-order valence-electron chi connectivity index (χ1n) is 8.01. The average molecular weight is 430 g/mol. The number of carbonyl (C=O) groups excluding carboxylic acids is 2. The van der Waals surface area contributed by atoms with Crippen molar-refractivity contribution in [3.63, 3.8) is 0 Å². The maximum Gasteiger partial charge on any atom is 0.432 e. The largest absolute Gasteiger partial charge is 0.432 e. The van der Waals surface area contributed by atoms with Crippen molar-refractivity contribution >= 4 is 23.8 Å². The summed E-state index contributed by atoms with van der Waals surface area (Å²) in [6.45, 7) is 1.09. The summed E-state index contributed by atoms with van der Waals surface area (Å²) in [4.78, 5) is 24.3. The van der Waals surface area contributed by atoms with Gasteiger partial charge in [-0.2, -0.15) is 26.3 Å². The second-order valence-corrected chi connectivity index (χ2v) is 7.12. The van der Waals surface area contributed by atoms with E-state index in [9.17, 15) is 35.9 Å². The molecule has 1 aliphatic heterocycles. The lowest BCUT2D eigenvalue weighted by Crippen LogP contribution is -2.49. The van der Waals surface area contributed by atoms with Gasteiger partial charge in [-0.3, -0.25) is 4.79 Å². The van der Waals surface area contributed by atoms with Crippen molar-refractivity contribution < 1.29 is 40.7 Å². The maximum absolute atomic E-state index is 12.7. The standard InChI is InChI=1S/C16H16F6N2O3S/c1-10(25)13(16(20,21)22)27-14(26)23-5-7-24(8-6-23)28-12-4-2-3-11(9-12)15(17,18)19/h2-4,9,13H,5-8H2,1H3. The average Bonchev–Trinajstić information content (AvgIpc) is 2.58. The van der Waals surface area contributed by atoms with Gasteiger partial charge in [0.05, 0.1) is 5.56 Å². The molecule has 0 radical (unpaired) electrons. The van der Waals surface area contributed by atoms with Crippen molar-refractivity contribution in [1.29, 1.82) is 0 Å². The second-order valence-electron chi connectivity index (χ2n) is 5.95. The van der Waals surface area contributed by atoms with Crippen LogP contribution >= 0.6 is 11.9 Å². The number of halogens is 6. The summed E-state index contributed by atoms with van der Waals surface area (Å²) < 4.78 is 82.3. The van der Waals surface area contributed by atoms with Crippen molar-refractivity contribution in [2.45, 2.75) is 30.3 Å². The molecular weight excluding hydrogens is 414 g/mol. The van der Waals surface area contributed by atoms with Crippen LogP contribution in [0, 0.1) is 0 Å². The summed E-state index contributed by atoms with van der Waals surface area (Å²) in [5.74, 6) is -1.33. The van der Waals surface area contributed by atoms with E-state index in [1.165, 1.54) is 12.1 Å². The van der Waals surface area contributed by atoms with Gasteiger partial charge >= 0.3 is 18.4 Å². The lowest BCUT2D eigenvalue weighted by molar-refractivity contribution is -0.204. The highest BCUT2D eigenvalue weighted by Gasteiger charge is 2.47. The SMILES string of the molecule is CC(=O)C(OC(=O)N1CCN(Sc2cccc(C(F)(F)F)c2)CC1)C(F)(F)F. The van der Waals surface area contributed by atoms with Gasteiger partial charge in [0.15, 0.2) is 5.78 Å². The minimum absolute atomic E-state index is 0.00722. The molecule has 156 valence electrons. The summed E-state index contributed by atoms with van der Waals surface area (Å²) in [5, 5.41) is 0. The van der Waals surface area contributed by atoms with E-state index in [4.69, 9.17) is 0 Å². The predicted molar refractivity (Wildman–Crippen MR) is 87.5 cm³/mol. The van der Waals surface area contributed by atoms with Crippen LogP contribution in [0.4, 0.5) is 31.1 Å². The Morgan fingerprint density at radius 3 is 2.18 bits per heavy atom. The summed E-state index contributed by atoms with van der Waals surface area (Å²) in [6, 6.07) is 4.72. The molecule has 1 aromatic rings. The lowest BCUT2D eigenvalue weighted by atomic mass is 10.2. The highest BCUT2D eigenvalue weighted by Crippen LogP contribution is 2.33. The third-order valence-corrected chi connectivity index (χ3v) is 4.87. The zero-order chi connectivity index (χ0) is 21.1. The first-order valence-corrected chi connectivity index (χ1v) is 8.78. The number of alkyl halides is 6. The monoisotopic (exact) mass is 430 g/mol. The van der Waals surface area contributed by atoms with Crippen LogP contribution in [0.25, 0.3) is 0 Å². The minimum Gasteiger partial charge on any atom is -0.428 e. The molecule has 1 saturated heterocycles. The van der Waals surface area contributed by atoms with Gasteiger partial charge < -0.3 is 9.64 Å². The number of hydrogen-bond donors (Lipinski definition) is 0. The maximum atomic E-state index is 12.7. The van der Waals surface area contributed by atoms with Crippen molar-refractivity contribution in [3.05, 3.63) is 29.8 Å². The highest BCUT2D eigenvalue weighted by molar-refractivity contribution is 7.97. The van der Waals surface area contributed by atoms with Gasteiger partial charge in [-0.15, -0.1) is 0 Å². The Balaban J connectivity index is 1.91. The van der Waals surface area contributed by atoms with Crippen LogP contribution in [-0.4, -0.2) is 59.5 Å². The molecule has 0 aromatic heterocycles. The van der Waals surface area contributed by atoms with Gasteiger partial charge in [0, 0.05) is 31.1 Å². The first-order chi connectivity index (χ1) is 12.9. The molecule has 2 rings (SSSR count). The zero-order valence-corrected chi connectivity index (χ0v) is 15.3. The van der Waals surface area contributed by atoms with Crippen LogP contribution in [0.3, 0.4) is 0 Å². The van der Waals surface area contributed by atoms with Gasteiger partial charge in [-0.1, -0.05) is 6.07 Å². The van der Waals surface area contributed by atoms with Crippen LogP contribution in [0.2, 0.25) is 0 Å². The number of ether oxygens (including phenoxy) is 1. The smallest absolute Gasteiger partial charge is 0.428 e. The van der Waals surface area contributed by atoms with Crippen molar-refractivity contribution in [3.8, 4) is 0 Å². The molecule has 0 spiro atoms. The van der Waals surface area contributed by atoms with E-state index in [-0.39, 0.29) is 26.2 Å². The van der Waals surface area contributed by atoms with Crippen molar-refractivity contribution in [2.24, 2.45) is 0 Å². The van der Waals surface area contributed by atoms with E-state index in [0.29, 0.717) is 11.8 Å². The van der Waals surface area contributed by atoms with E-state index in [1.54, 1.807) is 4.31 Å². The number of benzene rings is 1. The Hall–Kier alpha value is -1.95. The van der Waals surface area contributed by atoms with Crippen molar-refractivity contribution in [1.82, 2.24) is 9.21 Å². The highest BCUT2D eigenvalue weighted by atomic mass is 32.2. The van der Waals surface area contributed by atoms with Crippen LogP contribution in [0.1, 0.15) is 12.5 Å². The van der Waals surface area contributed by atoms with E-state index < -0.39 is 35.9 Å². The quantitative estimate of drug-likeness (QED) is 0.534. The molecule has 28 heavy (non-hydrogen) atoms. The molecule has 1 fully saturated rings. The molecule has 1 aromatic carbocycles. The van der Waals surface area contributed by atoms with Crippen molar-refractivity contribution in [2.75, 3.05) is 26.2 Å². The fraction of sp³-hybridized carbons (Fsp3) is 0.500. The van der Waals surface area contributed by atoms with Crippen LogP contribution in [-0.2, 0) is 15.7 Å². The number of ketones is 1. The number of hydrogen-bond acceptors (Lipinski definition) is 5. The number of amides is 1. The Morgan fingerprint density at radius 2 is 1.68 bits per heavy atom. The van der Waals surface area contributed by atoms with Gasteiger partial charge in [0.25, 0.3) is 6.10 Å². The molecule has 1 atom stereocenters. The molecule has 0 bridgehead atoms. The third-order valence-electron chi connectivity index (χ3n) is 3.78. The number of Topliss-reactive ketones (excluding diaryl/α,β-unsaturated/α-hetero) is 1. The lowest BCUT2D eigenvalue weighted by Gasteiger charge is -2.34. The Kier molecular flexibility index (Phi) is 6.86. The molecule has 12 heteroatoms. The Morgan fingerprint density at radius 1 is 1.07 bits per heavy atom. The number of nitrogens with zero attached hydrogens (tertiary/aromatic N) is 2. The normalized spacial score (nSPS) is 17.3. The molecule has 1 aliphatic rings. The molecule has 1 unspecified atom stereocenters. The third kappa shape index (κ3) is 6.03. The molecule has 0 saturated carbocycles. The van der Waals surface area contributed by atoms with Gasteiger partial charge in [-0.05, 0) is 37.1 Å². The summed E-state index contributed by atoms with van der Waals surface area (Å²) in [7, 11) is 0. The molecule has 1 amide bonds. The fourth-order valence-corrected chi connectivity index (χ4v) is 3.36. The molecule has 1 heterocycles. The molecule has 0 aliphatic carbocycles. The van der Waals surface area contributed by atoms with Gasteiger partial charge in [-0.25, -0.2) is 9.10 Å². The van der Waals surface area contributed by atoms with Crippen LogP contribution < -0.4 is 0 Å². The molecule has 5 nitrogen and oxygen atoms in total. The molecular formula is C16H16F6N2O3S. The van der Waals surface area contributed by atoms with Gasteiger partial charge in [0.1, 0.15) is 0 Å². The van der Waals surface area contributed by atoms with E-state index >= 15 is 0 Å². The Labute approximate surface area is 160 Å². The van der Waals surface area contributed by atoms with Gasteiger partial charge in [0.2, 0.25) is 0 Å². The topological polar surface area (TPSA) is 49.9 Å². The van der Waals surface area contributed by atoms with Crippen LogP contribution in [0.15, 0.2) is 29.2 Å². The van der Waals surface area contributed by atoms with E-state index in [1.807, 2.05) is 0 Å². The number of carbonyl (C=O) groups is 2. The van der Waals surface area contributed by atoms with Crippen LogP contribution in [0.5, 0.6) is 0 Å². The minimum atomic E-state index is -5.00. The summed E-state index contributed by atoms with van der Waals surface area (Å²) in [6.07, 6.45) is -13.5. The van der Waals surface area contributed by atoms with E-state index in [2.05, 4.69) is 4.74 Å². The summed E-state index contributed by atoms with van der Waals surface area (Å²) in [5.41, 5.74) is -0.790. The predicted octanol–water partition coefficient (Wildman–Crippen LogP) is 3.99. The number of piperazine rings is 1. The van der Waals surface area contributed by atoms with E-state index in [0.717, 1.165) is 29.0 Å². The zero-order valence-electron chi connectivity index (χ0n) is 14.5. The summed E-state index contributed by atoms with van der Waals surface area (Å²) >= 11 is 1.05. The Bertz CT molecular complexity index is 717. The fourth-order valence-electron chi connectivity index (χ4n) is 2.40. The first kappa shape index (κ1) is 22.3. The molecule has 0 N–H and O–H groups in total.